The second kappa shape index (κ2) is 9.05. The minimum absolute atomic E-state index is 0.366. The molecule has 1 unspecified atom stereocenters. The van der Waals surface area contributed by atoms with Crippen LogP contribution in [0.2, 0.25) is 0 Å². The lowest BCUT2D eigenvalue weighted by molar-refractivity contribution is -0.124. The number of aromatic nitrogens is 2. The summed E-state index contributed by atoms with van der Waals surface area (Å²) in [7, 11) is 0. The van der Waals surface area contributed by atoms with Crippen LogP contribution in [0.4, 0.5) is 5.69 Å². The molecule has 0 radical (unpaired) electrons. The Bertz CT molecular complexity index is 1010. The third-order valence-electron chi connectivity index (χ3n) is 4.57. The zero-order chi connectivity index (χ0) is 21.0. The monoisotopic (exact) mass is 455 g/mol. The molecule has 0 aliphatic carbocycles. The van der Waals surface area contributed by atoms with Crippen molar-refractivity contribution in [2.45, 2.75) is 33.3 Å². The number of halogens is 1. The van der Waals surface area contributed by atoms with Gasteiger partial charge < -0.3 is 15.0 Å². The van der Waals surface area contributed by atoms with Crippen LogP contribution in [-0.4, -0.2) is 27.9 Å². The third kappa shape index (κ3) is 4.92. The lowest BCUT2D eigenvalue weighted by Gasteiger charge is -2.16. The number of aromatic amines is 1. The molecule has 0 saturated heterocycles. The molecule has 3 rings (SSSR count). The molecule has 0 saturated carbocycles. The summed E-state index contributed by atoms with van der Waals surface area (Å²) in [5, 5.41) is 2.78. The molecule has 150 valence electrons. The van der Waals surface area contributed by atoms with Crippen LogP contribution in [-0.2, 0) is 9.53 Å². The van der Waals surface area contributed by atoms with Crippen LogP contribution in [0.1, 0.15) is 35.1 Å². The molecule has 2 aromatic carbocycles. The van der Waals surface area contributed by atoms with E-state index < -0.39 is 12.1 Å². The van der Waals surface area contributed by atoms with E-state index in [9.17, 15) is 9.59 Å². The summed E-state index contributed by atoms with van der Waals surface area (Å²) in [4.78, 5) is 32.7. The highest BCUT2D eigenvalue weighted by Gasteiger charge is 2.22. The first-order valence-corrected chi connectivity index (χ1v) is 10.1. The number of para-hydroxylation sites is 1. The third-order valence-corrected chi connectivity index (χ3v) is 5.26. The number of carbonyl (C=O) groups excluding carboxylic acids is 2. The maximum atomic E-state index is 12.5. The summed E-state index contributed by atoms with van der Waals surface area (Å²) in [6, 6.07) is 14.2. The standard InChI is InChI=1S/C22H22BrN3O3/c1-4-19(21(27)26-18-8-6-5-7-17(18)23)29-22(28)16-11-9-15(10-12-16)20-24-13(2)14(3)25-20/h5-12,19H,4H2,1-3H3,(H,24,25)(H,26,27). The van der Waals surface area contributed by atoms with E-state index in [0.717, 1.165) is 27.2 Å². The van der Waals surface area contributed by atoms with Crippen LogP contribution in [0.15, 0.2) is 53.0 Å². The molecule has 29 heavy (non-hydrogen) atoms. The van der Waals surface area contributed by atoms with Gasteiger partial charge in [0, 0.05) is 15.7 Å². The molecule has 7 heteroatoms. The van der Waals surface area contributed by atoms with Crippen molar-refractivity contribution >= 4 is 33.5 Å². The lowest BCUT2D eigenvalue weighted by Crippen LogP contribution is -2.32. The Morgan fingerprint density at radius 3 is 2.41 bits per heavy atom. The summed E-state index contributed by atoms with van der Waals surface area (Å²) in [5.41, 5.74) is 3.81. The number of aryl methyl sites for hydroxylation is 2. The summed E-state index contributed by atoms with van der Waals surface area (Å²) >= 11 is 3.39. The molecule has 1 heterocycles. The fourth-order valence-electron chi connectivity index (χ4n) is 2.74. The molecule has 0 spiro atoms. The van der Waals surface area contributed by atoms with Crippen molar-refractivity contribution < 1.29 is 14.3 Å². The number of imidazole rings is 1. The van der Waals surface area contributed by atoms with Crippen molar-refractivity contribution in [2.24, 2.45) is 0 Å². The smallest absolute Gasteiger partial charge is 0.338 e. The molecule has 1 atom stereocenters. The van der Waals surface area contributed by atoms with E-state index in [1.807, 2.05) is 32.0 Å². The van der Waals surface area contributed by atoms with Gasteiger partial charge in [0.1, 0.15) is 5.82 Å². The number of hydrogen-bond donors (Lipinski definition) is 2. The number of anilines is 1. The Labute approximate surface area is 177 Å². The highest BCUT2D eigenvalue weighted by molar-refractivity contribution is 9.10. The van der Waals surface area contributed by atoms with Crippen molar-refractivity contribution in [1.29, 1.82) is 0 Å². The largest absolute Gasteiger partial charge is 0.449 e. The predicted molar refractivity (Wildman–Crippen MR) is 116 cm³/mol. The van der Waals surface area contributed by atoms with E-state index in [1.165, 1.54) is 0 Å². The van der Waals surface area contributed by atoms with E-state index in [1.54, 1.807) is 37.3 Å². The van der Waals surface area contributed by atoms with Gasteiger partial charge in [-0.1, -0.05) is 31.2 Å². The Hall–Kier alpha value is -2.93. The first-order chi connectivity index (χ1) is 13.9. The second-order valence-corrected chi connectivity index (χ2v) is 7.50. The van der Waals surface area contributed by atoms with E-state index in [4.69, 9.17) is 4.74 Å². The van der Waals surface area contributed by atoms with Gasteiger partial charge in [0.15, 0.2) is 6.10 Å². The van der Waals surface area contributed by atoms with Crippen molar-refractivity contribution in [3.05, 3.63) is 70.0 Å². The van der Waals surface area contributed by atoms with Crippen LogP contribution in [0, 0.1) is 13.8 Å². The number of nitrogens with one attached hydrogen (secondary N) is 2. The maximum Gasteiger partial charge on any atom is 0.338 e. The first kappa shape index (κ1) is 20.8. The highest BCUT2D eigenvalue weighted by atomic mass is 79.9. The van der Waals surface area contributed by atoms with Crippen LogP contribution in [0.3, 0.4) is 0 Å². The first-order valence-electron chi connectivity index (χ1n) is 9.29. The van der Waals surface area contributed by atoms with E-state index in [2.05, 4.69) is 31.2 Å². The van der Waals surface area contributed by atoms with Crippen molar-refractivity contribution in [2.75, 3.05) is 5.32 Å². The molecule has 0 aliphatic heterocycles. The minimum Gasteiger partial charge on any atom is -0.449 e. The molecule has 0 fully saturated rings. The van der Waals surface area contributed by atoms with Gasteiger partial charge >= 0.3 is 5.97 Å². The summed E-state index contributed by atoms with van der Waals surface area (Å²) in [6.07, 6.45) is -0.518. The second-order valence-electron chi connectivity index (χ2n) is 6.64. The number of ether oxygens (including phenoxy) is 1. The number of rotatable bonds is 6. The molecule has 6 nitrogen and oxygen atoms in total. The van der Waals surface area contributed by atoms with Gasteiger partial charge in [0.25, 0.3) is 5.91 Å². The Balaban J connectivity index is 1.67. The number of nitrogens with zero attached hydrogens (tertiary/aromatic N) is 1. The Morgan fingerprint density at radius 1 is 1.14 bits per heavy atom. The number of H-pyrrole nitrogens is 1. The van der Waals surface area contributed by atoms with Gasteiger partial charge in [0.2, 0.25) is 0 Å². The molecule has 2 N–H and O–H groups in total. The zero-order valence-corrected chi connectivity index (χ0v) is 18.0. The van der Waals surface area contributed by atoms with Gasteiger partial charge in [-0.2, -0.15) is 0 Å². The molecular formula is C22H22BrN3O3. The molecular weight excluding hydrogens is 434 g/mol. The number of esters is 1. The van der Waals surface area contributed by atoms with Crippen LogP contribution >= 0.6 is 15.9 Å². The average molecular weight is 456 g/mol. The number of carbonyl (C=O) groups is 2. The average Bonchev–Trinajstić information content (AvgIpc) is 3.06. The van der Waals surface area contributed by atoms with Gasteiger partial charge in [-0.05, 0) is 60.5 Å². The summed E-state index contributed by atoms with van der Waals surface area (Å²) < 4.78 is 6.20. The number of benzene rings is 2. The van der Waals surface area contributed by atoms with E-state index in [-0.39, 0.29) is 5.91 Å². The fourth-order valence-corrected chi connectivity index (χ4v) is 3.13. The normalized spacial score (nSPS) is 11.7. The number of amides is 1. The molecule has 3 aromatic rings. The van der Waals surface area contributed by atoms with Crippen LogP contribution < -0.4 is 5.32 Å². The molecule has 1 aromatic heterocycles. The van der Waals surface area contributed by atoms with E-state index >= 15 is 0 Å². The summed E-state index contributed by atoms with van der Waals surface area (Å²) in [6.45, 7) is 5.69. The Kier molecular flexibility index (Phi) is 6.49. The topological polar surface area (TPSA) is 84.1 Å². The maximum absolute atomic E-state index is 12.5. The van der Waals surface area contributed by atoms with Gasteiger partial charge in [-0.15, -0.1) is 0 Å². The Morgan fingerprint density at radius 2 is 1.83 bits per heavy atom. The quantitative estimate of drug-likeness (QED) is 0.510. The van der Waals surface area contributed by atoms with E-state index in [0.29, 0.717) is 17.7 Å². The van der Waals surface area contributed by atoms with Gasteiger partial charge in [-0.25, -0.2) is 9.78 Å². The summed E-state index contributed by atoms with van der Waals surface area (Å²) in [5.74, 6) is -0.164. The van der Waals surface area contributed by atoms with Crippen molar-refractivity contribution in [1.82, 2.24) is 9.97 Å². The van der Waals surface area contributed by atoms with Crippen LogP contribution in [0.5, 0.6) is 0 Å². The highest BCUT2D eigenvalue weighted by Crippen LogP contribution is 2.22. The van der Waals surface area contributed by atoms with Crippen molar-refractivity contribution in [3.8, 4) is 11.4 Å². The fraction of sp³-hybridized carbons (Fsp3) is 0.227. The number of hydrogen-bond acceptors (Lipinski definition) is 4. The van der Waals surface area contributed by atoms with Crippen molar-refractivity contribution in [3.63, 3.8) is 0 Å². The predicted octanol–water partition coefficient (Wildman–Crippen LogP) is 5.03. The molecule has 1 amide bonds. The van der Waals surface area contributed by atoms with Gasteiger partial charge in [-0.3, -0.25) is 4.79 Å². The molecule has 0 bridgehead atoms. The minimum atomic E-state index is -0.885. The molecule has 0 aliphatic rings. The SMILES string of the molecule is CCC(OC(=O)c1ccc(-c2nc(C)c(C)[nH]2)cc1)C(=O)Nc1ccccc1Br. The van der Waals surface area contributed by atoms with Gasteiger partial charge in [0.05, 0.1) is 16.9 Å². The zero-order valence-electron chi connectivity index (χ0n) is 16.5. The van der Waals surface area contributed by atoms with Crippen LogP contribution in [0.25, 0.3) is 11.4 Å². The lowest BCUT2D eigenvalue weighted by atomic mass is 10.1.